The minimum atomic E-state index is -0.439. The monoisotopic (exact) mass is 401 g/mol. The van der Waals surface area contributed by atoms with E-state index in [2.05, 4.69) is 21.0 Å². The molecule has 4 rings (SSSR count). The molecule has 0 bridgehead atoms. The van der Waals surface area contributed by atoms with Crippen LogP contribution in [-0.4, -0.2) is 18.5 Å². The number of carbonyl (C=O) groups is 2. The third-order valence-electron chi connectivity index (χ3n) is 4.86. The van der Waals surface area contributed by atoms with Crippen LogP contribution in [-0.2, 0) is 33.7 Å². The summed E-state index contributed by atoms with van der Waals surface area (Å²) in [6, 6.07) is 7.31. The van der Waals surface area contributed by atoms with Gasteiger partial charge in [-0.2, -0.15) is 8.73 Å². The number of carbonyl (C=O) groups excluding carboxylic acids is 2. The maximum atomic E-state index is 12.3. The highest BCUT2D eigenvalue weighted by Crippen LogP contribution is 2.38. The Hall–Kier alpha value is -2.32. The van der Waals surface area contributed by atoms with Crippen molar-refractivity contribution in [2.75, 3.05) is 11.9 Å². The highest BCUT2D eigenvalue weighted by molar-refractivity contribution is 7.58. The molecule has 0 fully saturated rings. The van der Waals surface area contributed by atoms with E-state index in [1.54, 1.807) is 12.1 Å². The fourth-order valence-electron chi connectivity index (χ4n) is 3.34. The number of benzene rings is 1. The van der Waals surface area contributed by atoms with Crippen molar-refractivity contribution < 1.29 is 14.3 Å². The van der Waals surface area contributed by atoms with Crippen molar-refractivity contribution in [2.24, 2.45) is 14.6 Å². The Bertz CT molecular complexity index is 977. The van der Waals surface area contributed by atoms with Crippen LogP contribution in [0.5, 0.6) is 0 Å². The first-order valence-electron chi connectivity index (χ1n) is 8.94. The molecular formula is C19H19N3O3S2. The highest BCUT2D eigenvalue weighted by atomic mass is 32.1. The molecule has 8 heteroatoms. The van der Waals surface area contributed by atoms with E-state index in [4.69, 9.17) is 4.74 Å². The lowest BCUT2D eigenvalue weighted by molar-refractivity contribution is -0.119. The summed E-state index contributed by atoms with van der Waals surface area (Å²) in [5.74, 6) is -0.132. The molecule has 1 atom stereocenters. The largest absolute Gasteiger partial charge is 0.451 e. The van der Waals surface area contributed by atoms with Crippen molar-refractivity contribution in [3.05, 3.63) is 39.6 Å². The van der Waals surface area contributed by atoms with Crippen LogP contribution in [0.25, 0.3) is 0 Å². The Morgan fingerprint density at radius 1 is 1.33 bits per heavy atom. The second-order valence-corrected chi connectivity index (χ2v) is 8.30. The zero-order valence-electron chi connectivity index (χ0n) is 14.9. The molecular weight excluding hydrogens is 382 g/mol. The van der Waals surface area contributed by atoms with Crippen LogP contribution < -0.4 is 5.32 Å². The predicted octanol–water partition coefficient (Wildman–Crippen LogP) is 4.78. The van der Waals surface area contributed by atoms with E-state index < -0.39 is 11.9 Å². The first kappa shape index (κ1) is 18.1. The van der Waals surface area contributed by atoms with E-state index in [1.165, 1.54) is 28.2 Å². The topological polar surface area (TPSA) is 80.1 Å². The fourth-order valence-corrected chi connectivity index (χ4v) is 5.00. The summed E-state index contributed by atoms with van der Waals surface area (Å²) in [5.41, 5.74) is 3.19. The first-order chi connectivity index (χ1) is 13.1. The van der Waals surface area contributed by atoms with Gasteiger partial charge in [-0.15, -0.1) is 11.3 Å². The second-order valence-electron chi connectivity index (χ2n) is 6.64. The summed E-state index contributed by atoms with van der Waals surface area (Å²) in [6.45, 7) is 1.88. The highest BCUT2D eigenvalue weighted by Gasteiger charge is 2.23. The van der Waals surface area contributed by atoms with E-state index in [0.29, 0.717) is 22.2 Å². The van der Waals surface area contributed by atoms with Crippen molar-refractivity contribution >= 4 is 51.6 Å². The maximum Gasteiger partial charge on any atom is 0.348 e. The summed E-state index contributed by atoms with van der Waals surface area (Å²) in [7, 11) is 0. The quantitative estimate of drug-likeness (QED) is 0.625. The van der Waals surface area contributed by atoms with Gasteiger partial charge in [0, 0.05) is 4.88 Å². The van der Waals surface area contributed by atoms with Crippen LogP contribution in [0.3, 0.4) is 0 Å². The molecule has 1 aliphatic heterocycles. The number of aryl methyl sites for hydroxylation is 1. The summed E-state index contributed by atoms with van der Waals surface area (Å²) in [4.78, 5) is 26.3. The molecule has 1 aromatic carbocycles. The average Bonchev–Trinajstić information content (AvgIpc) is 3.32. The van der Waals surface area contributed by atoms with Crippen LogP contribution in [0.2, 0.25) is 0 Å². The first-order valence-corrected chi connectivity index (χ1v) is 10.5. The molecule has 6 nitrogen and oxygen atoms in total. The van der Waals surface area contributed by atoms with Gasteiger partial charge in [-0.3, -0.25) is 4.79 Å². The Morgan fingerprint density at radius 3 is 3.07 bits per heavy atom. The Labute approximate surface area is 164 Å². The average molecular weight is 402 g/mol. The second kappa shape index (κ2) is 7.74. The van der Waals surface area contributed by atoms with Crippen molar-refractivity contribution in [1.29, 1.82) is 0 Å². The molecule has 1 amide bonds. The summed E-state index contributed by atoms with van der Waals surface area (Å²) >= 11 is 2.58. The van der Waals surface area contributed by atoms with Gasteiger partial charge in [0.2, 0.25) is 0 Å². The van der Waals surface area contributed by atoms with Crippen LogP contribution in [0.15, 0.2) is 33.0 Å². The molecule has 2 aromatic rings. The zero-order chi connectivity index (χ0) is 18.8. The van der Waals surface area contributed by atoms with Gasteiger partial charge in [0.1, 0.15) is 16.3 Å². The Kier molecular flexibility index (Phi) is 5.18. The number of anilines is 1. The van der Waals surface area contributed by atoms with Gasteiger partial charge in [0.25, 0.3) is 5.91 Å². The smallest absolute Gasteiger partial charge is 0.348 e. The lowest BCUT2D eigenvalue weighted by Crippen LogP contribution is -2.20. The lowest BCUT2D eigenvalue weighted by atomic mass is 9.87. The number of rotatable bonds is 5. The standard InChI is InChI=1S/C19H19N3O3S2/c1-2-11-6-7-15-12(8-11)9-16(26-15)19(24)25-10-17(23)20-13-4-3-5-14-18(13)22-27-21-14/h3-5,9,11H,2,6-8,10H2,1H3,(H,20,23)/t11-/m1/s1. The van der Waals surface area contributed by atoms with Gasteiger partial charge >= 0.3 is 5.97 Å². The van der Waals surface area contributed by atoms with Crippen molar-refractivity contribution in [3.8, 4) is 0 Å². The zero-order valence-corrected chi connectivity index (χ0v) is 16.5. The number of esters is 1. The SMILES string of the molecule is CC[C@@H]1CCc2sc(C(=O)OCC(=O)Nc3cccc4c3N=S=N4)cc2C1. The van der Waals surface area contributed by atoms with E-state index in [9.17, 15) is 9.59 Å². The van der Waals surface area contributed by atoms with E-state index in [-0.39, 0.29) is 6.61 Å². The number of hydrogen-bond acceptors (Lipinski definition) is 6. The molecule has 0 radical (unpaired) electrons. The molecule has 1 aliphatic carbocycles. The molecule has 27 heavy (non-hydrogen) atoms. The van der Waals surface area contributed by atoms with Crippen LogP contribution >= 0.6 is 11.3 Å². The van der Waals surface area contributed by atoms with Crippen LogP contribution in [0.1, 0.15) is 39.9 Å². The minimum Gasteiger partial charge on any atom is -0.451 e. The third kappa shape index (κ3) is 3.86. The normalized spacial score (nSPS) is 17.0. The Balaban J connectivity index is 1.35. The molecule has 0 saturated carbocycles. The number of nitrogens with zero attached hydrogens (tertiary/aromatic N) is 2. The summed E-state index contributed by atoms with van der Waals surface area (Å²) in [6.07, 6.45) is 4.40. The minimum absolute atomic E-state index is 0.326. The van der Waals surface area contributed by atoms with Crippen molar-refractivity contribution in [2.45, 2.75) is 32.6 Å². The van der Waals surface area contributed by atoms with Crippen LogP contribution in [0.4, 0.5) is 17.1 Å². The van der Waals surface area contributed by atoms with E-state index >= 15 is 0 Å². The molecule has 1 N–H and O–H groups in total. The number of thiophene rings is 1. The number of amides is 1. The molecule has 0 unspecified atom stereocenters. The van der Waals surface area contributed by atoms with Crippen molar-refractivity contribution in [1.82, 2.24) is 0 Å². The fraction of sp³-hybridized carbons (Fsp3) is 0.368. The van der Waals surface area contributed by atoms with E-state index in [1.807, 2.05) is 12.1 Å². The maximum absolute atomic E-state index is 12.3. The Morgan fingerprint density at radius 2 is 2.22 bits per heavy atom. The van der Waals surface area contributed by atoms with Crippen molar-refractivity contribution in [3.63, 3.8) is 0 Å². The number of ether oxygens (including phenoxy) is 1. The molecule has 0 spiro atoms. The number of fused-ring (bicyclic) bond motifs is 2. The van der Waals surface area contributed by atoms with Crippen LogP contribution in [0, 0.1) is 5.92 Å². The van der Waals surface area contributed by atoms with Gasteiger partial charge in [-0.1, -0.05) is 19.4 Å². The number of hydrogen-bond donors (Lipinski definition) is 1. The molecule has 0 saturated heterocycles. The number of nitrogens with one attached hydrogen (secondary N) is 1. The third-order valence-corrected chi connectivity index (χ3v) is 6.62. The molecule has 1 aromatic heterocycles. The van der Waals surface area contributed by atoms with Gasteiger partial charge in [0.05, 0.1) is 17.0 Å². The predicted molar refractivity (Wildman–Crippen MR) is 107 cm³/mol. The van der Waals surface area contributed by atoms with Gasteiger partial charge < -0.3 is 10.1 Å². The lowest BCUT2D eigenvalue weighted by Gasteiger charge is -2.19. The van der Waals surface area contributed by atoms with Gasteiger partial charge in [-0.05, 0) is 48.9 Å². The molecule has 2 aliphatic rings. The molecule has 140 valence electrons. The summed E-state index contributed by atoms with van der Waals surface area (Å²) in [5, 5.41) is 2.73. The van der Waals surface area contributed by atoms with E-state index in [0.717, 1.165) is 36.3 Å². The van der Waals surface area contributed by atoms with Gasteiger partial charge in [-0.25, -0.2) is 4.79 Å². The summed E-state index contributed by atoms with van der Waals surface area (Å²) < 4.78 is 13.5. The molecule has 2 heterocycles. The van der Waals surface area contributed by atoms with Gasteiger partial charge in [0.15, 0.2) is 6.61 Å².